The van der Waals surface area contributed by atoms with Crippen LogP contribution in [0.4, 0.5) is 0 Å². The predicted molar refractivity (Wildman–Crippen MR) is 229 cm³/mol. The molecule has 0 aliphatic carbocycles. The molecule has 0 aromatic carbocycles. The fourth-order valence-electron chi connectivity index (χ4n) is 5.59. The molecule has 1 saturated heterocycles. The molecule has 13 heteroatoms. The van der Waals surface area contributed by atoms with Crippen LogP contribution in [0.5, 0.6) is 0 Å². The third kappa shape index (κ3) is 29.3. The largest absolute Gasteiger partial charge is 0.457 e. The molecule has 1 fully saturated rings. The quantitative estimate of drug-likeness (QED) is 0.0211. The molecule has 6 atom stereocenters. The summed E-state index contributed by atoms with van der Waals surface area (Å²) in [6.07, 6.45) is 38.8. The number of rotatable bonds is 34. The van der Waals surface area contributed by atoms with Gasteiger partial charge in [-0.2, -0.15) is 8.42 Å². The Labute approximate surface area is 348 Å². The van der Waals surface area contributed by atoms with Gasteiger partial charge in [-0.3, -0.25) is 9.35 Å². The number of carbonyl (C=O) groups excluding carboxylic acids is 1. The Bertz CT molecular complexity index is 1380. The van der Waals surface area contributed by atoms with Crippen molar-refractivity contribution in [1.29, 1.82) is 0 Å². The molecule has 0 saturated carbocycles. The summed E-state index contributed by atoms with van der Waals surface area (Å²) in [5, 5.41) is 30.6. The predicted octanol–water partition coefficient (Wildman–Crippen LogP) is 8.29. The van der Waals surface area contributed by atoms with Gasteiger partial charge in [0.2, 0.25) is 0 Å². The minimum absolute atomic E-state index is 0.00955. The lowest BCUT2D eigenvalue weighted by Gasteiger charge is -2.41. The lowest BCUT2D eigenvalue weighted by atomic mass is 9.99. The third-order valence-electron chi connectivity index (χ3n) is 8.70. The minimum Gasteiger partial charge on any atom is -0.457 e. The molecule has 0 radical (unpaired) electrons. The van der Waals surface area contributed by atoms with Gasteiger partial charge in [-0.25, -0.2) is 4.18 Å². The topological polar surface area (TPSA) is 178 Å². The Morgan fingerprint density at radius 1 is 0.655 bits per heavy atom. The van der Waals surface area contributed by atoms with E-state index in [1.54, 1.807) is 0 Å². The van der Waals surface area contributed by atoms with E-state index in [9.17, 15) is 28.5 Å². The molecule has 1 aliphatic heterocycles. The van der Waals surface area contributed by atoms with Crippen LogP contribution >= 0.6 is 0 Å². The lowest BCUT2D eigenvalue weighted by Crippen LogP contribution is -2.60. The molecule has 12 nitrogen and oxygen atoms in total. The van der Waals surface area contributed by atoms with Crippen molar-refractivity contribution in [1.82, 2.24) is 0 Å². The van der Waals surface area contributed by atoms with E-state index in [1.807, 2.05) is 0 Å². The number of hydrogen-bond acceptors (Lipinski definition) is 11. The van der Waals surface area contributed by atoms with Crippen LogP contribution in [0.2, 0.25) is 0 Å². The summed E-state index contributed by atoms with van der Waals surface area (Å²) in [6, 6.07) is 0. The van der Waals surface area contributed by atoms with Crippen LogP contribution < -0.4 is 0 Å². The van der Waals surface area contributed by atoms with Crippen molar-refractivity contribution >= 4 is 16.4 Å². The fraction of sp³-hybridized carbons (Fsp3) is 0.622. The average molecular weight is 837 g/mol. The summed E-state index contributed by atoms with van der Waals surface area (Å²) in [4.78, 5) is 12.8. The highest BCUT2D eigenvalue weighted by Crippen LogP contribution is 2.26. The molecule has 0 spiro atoms. The molecule has 0 aromatic rings. The van der Waals surface area contributed by atoms with Crippen LogP contribution in [-0.2, 0) is 38.3 Å². The van der Waals surface area contributed by atoms with E-state index in [1.165, 1.54) is 0 Å². The fourth-order valence-corrected chi connectivity index (χ4v) is 6.10. The molecule has 6 unspecified atom stereocenters. The standard InChI is InChI=1S/C45H72O12S/c1-3-5-7-9-11-13-15-17-19-21-23-25-27-29-31-33-35-53-37-39(38-54-45-43(49)44(57-58(50,51)52)42(48)40(36-46)56-45)55-41(47)34-32-30-28-26-24-22-20-18-16-14-12-10-8-6-4-2/h5-8,11-14,17-20,23-26,39-40,42-46,48-49H,3-4,9-10,15-16,21-22,27-38H2,1-2H3,(H,50,51,52)/b7-5-,8-6-,13-11-,14-12-,19-17-,20-18-,25-23-,26-24-. The summed E-state index contributed by atoms with van der Waals surface area (Å²) in [7, 11) is -5.08. The summed E-state index contributed by atoms with van der Waals surface area (Å²) < 4.78 is 58.8. The second-order valence-corrected chi connectivity index (χ2v) is 14.9. The molecular formula is C45H72O12S. The first kappa shape index (κ1) is 53.0. The maximum absolute atomic E-state index is 12.8. The number of aliphatic hydroxyl groups excluding tert-OH is 3. The van der Waals surface area contributed by atoms with Gasteiger partial charge < -0.3 is 34.3 Å². The van der Waals surface area contributed by atoms with Gasteiger partial charge in [-0.1, -0.05) is 117 Å². The zero-order valence-electron chi connectivity index (χ0n) is 34.8. The monoisotopic (exact) mass is 836 g/mol. The van der Waals surface area contributed by atoms with Crippen molar-refractivity contribution in [3.05, 3.63) is 97.2 Å². The van der Waals surface area contributed by atoms with E-state index in [2.05, 4.69) is 115 Å². The number of esters is 1. The van der Waals surface area contributed by atoms with Crippen LogP contribution in [0.1, 0.15) is 117 Å². The molecule has 0 aromatic heterocycles. The van der Waals surface area contributed by atoms with Crippen molar-refractivity contribution in [3.8, 4) is 0 Å². The van der Waals surface area contributed by atoms with E-state index < -0.39 is 59.8 Å². The number of hydrogen-bond donors (Lipinski definition) is 4. The van der Waals surface area contributed by atoms with Gasteiger partial charge in [0.05, 0.1) is 19.8 Å². The van der Waals surface area contributed by atoms with Gasteiger partial charge in [0.25, 0.3) is 0 Å². The van der Waals surface area contributed by atoms with Gasteiger partial charge in [-0.15, -0.1) is 0 Å². The zero-order valence-corrected chi connectivity index (χ0v) is 35.6. The van der Waals surface area contributed by atoms with E-state index in [0.717, 1.165) is 89.9 Å². The van der Waals surface area contributed by atoms with Crippen LogP contribution in [0, 0.1) is 0 Å². The first-order valence-corrected chi connectivity index (χ1v) is 22.4. The zero-order chi connectivity index (χ0) is 42.5. The molecule has 0 amide bonds. The molecule has 1 rings (SSSR count). The van der Waals surface area contributed by atoms with Gasteiger partial charge in [0, 0.05) is 13.0 Å². The first-order valence-electron chi connectivity index (χ1n) is 21.0. The number of allylic oxidation sites excluding steroid dienone is 16. The van der Waals surface area contributed by atoms with E-state index in [0.29, 0.717) is 13.0 Å². The van der Waals surface area contributed by atoms with Gasteiger partial charge in [0.15, 0.2) is 6.29 Å². The maximum Gasteiger partial charge on any atom is 0.397 e. The molecule has 330 valence electrons. The first-order chi connectivity index (χ1) is 28.1. The Balaban J connectivity index is 2.54. The third-order valence-corrected chi connectivity index (χ3v) is 9.17. The second kappa shape index (κ2) is 35.9. The Morgan fingerprint density at radius 3 is 1.62 bits per heavy atom. The Hall–Kier alpha value is -2.98. The van der Waals surface area contributed by atoms with Crippen molar-refractivity contribution in [2.24, 2.45) is 0 Å². The molecule has 0 bridgehead atoms. The van der Waals surface area contributed by atoms with Crippen LogP contribution in [-0.4, -0.2) is 97.5 Å². The molecule has 1 heterocycles. The summed E-state index contributed by atoms with van der Waals surface area (Å²) in [6.45, 7) is 3.59. The van der Waals surface area contributed by atoms with E-state index >= 15 is 0 Å². The highest BCUT2D eigenvalue weighted by atomic mass is 32.3. The van der Waals surface area contributed by atoms with E-state index in [-0.39, 0.29) is 19.6 Å². The smallest absolute Gasteiger partial charge is 0.397 e. The lowest BCUT2D eigenvalue weighted by molar-refractivity contribution is -0.301. The molecule has 1 aliphatic rings. The number of aliphatic hydroxyl groups is 3. The summed E-state index contributed by atoms with van der Waals surface area (Å²) >= 11 is 0. The van der Waals surface area contributed by atoms with Crippen molar-refractivity contribution < 1.29 is 56.2 Å². The van der Waals surface area contributed by atoms with Gasteiger partial charge in [-0.05, 0) is 89.9 Å². The summed E-state index contributed by atoms with van der Waals surface area (Å²) in [5.41, 5.74) is 0. The van der Waals surface area contributed by atoms with Crippen molar-refractivity contribution in [2.45, 2.75) is 153 Å². The van der Waals surface area contributed by atoms with Crippen LogP contribution in [0.3, 0.4) is 0 Å². The SMILES string of the molecule is CC/C=C\C/C=C\C/C=C\C/C=C\CCCCCOCC(COC1OC(CO)C(O)C(OS(=O)(=O)O)C1O)OC(=O)CCCC/C=C\C/C=C\C/C=C\C/C=C\CC. The molecule has 4 N–H and O–H groups in total. The number of carbonyl (C=O) groups is 1. The molecular weight excluding hydrogens is 765 g/mol. The van der Waals surface area contributed by atoms with Crippen molar-refractivity contribution in [3.63, 3.8) is 0 Å². The normalized spacial score (nSPS) is 21.5. The second-order valence-electron chi connectivity index (χ2n) is 13.8. The summed E-state index contributed by atoms with van der Waals surface area (Å²) in [5.74, 6) is -0.457. The highest BCUT2D eigenvalue weighted by Gasteiger charge is 2.48. The van der Waals surface area contributed by atoms with Crippen LogP contribution in [0.25, 0.3) is 0 Å². The highest BCUT2D eigenvalue weighted by molar-refractivity contribution is 7.80. The maximum atomic E-state index is 12.8. The van der Waals surface area contributed by atoms with Gasteiger partial charge in [0.1, 0.15) is 30.5 Å². The Morgan fingerprint density at radius 2 is 1.14 bits per heavy atom. The molecule has 58 heavy (non-hydrogen) atoms. The number of ether oxygens (including phenoxy) is 4. The minimum atomic E-state index is -5.08. The average Bonchev–Trinajstić information content (AvgIpc) is 3.19. The van der Waals surface area contributed by atoms with Crippen molar-refractivity contribution in [2.75, 3.05) is 26.4 Å². The van der Waals surface area contributed by atoms with E-state index in [4.69, 9.17) is 23.5 Å². The van der Waals surface area contributed by atoms with Crippen LogP contribution in [0.15, 0.2) is 97.2 Å². The Kier molecular flexibility index (Phi) is 32.8. The number of unbranched alkanes of at least 4 members (excludes halogenated alkanes) is 5. The van der Waals surface area contributed by atoms with Gasteiger partial charge >= 0.3 is 16.4 Å².